The van der Waals surface area contributed by atoms with Gasteiger partial charge in [-0.1, -0.05) is 23.8 Å². The third-order valence-electron chi connectivity index (χ3n) is 3.82. The monoisotopic (exact) mass is 345 g/mol. The number of phenols is 1. The molecule has 0 aliphatic heterocycles. The number of nitrogens with zero attached hydrogens (tertiary/aromatic N) is 1. The molecule has 0 spiro atoms. The van der Waals surface area contributed by atoms with E-state index >= 15 is 0 Å². The van der Waals surface area contributed by atoms with Crippen LogP contribution in [0.25, 0.3) is 0 Å². The van der Waals surface area contributed by atoms with Gasteiger partial charge in [0, 0.05) is 20.1 Å². The number of aliphatic imine (C=N–C) groups is 1. The van der Waals surface area contributed by atoms with Gasteiger partial charge in [0.1, 0.15) is 5.75 Å². The molecule has 6 heteroatoms. The van der Waals surface area contributed by atoms with Crippen LogP contribution in [0.15, 0.2) is 41.4 Å². The topological polar surface area (TPSA) is 65.9 Å². The van der Waals surface area contributed by atoms with Crippen molar-refractivity contribution in [2.75, 3.05) is 20.7 Å². The summed E-state index contributed by atoms with van der Waals surface area (Å²) in [6.45, 7) is 3.14. The number of aromatic hydroxyl groups is 1. The molecule has 2 aromatic carbocycles. The first-order valence-corrected chi connectivity index (χ1v) is 8.09. The molecule has 2 rings (SSSR count). The molecular weight excluding hydrogens is 321 g/mol. The standard InChI is InChI=1S/C19H24FN3O2/c1-13-4-7-18(25-3)15(10-13)8-9-22-19(21-2)23-12-14-5-6-17(24)16(20)11-14/h4-7,10-11,24H,8-9,12H2,1-3H3,(H2,21,22,23). The van der Waals surface area contributed by atoms with Crippen molar-refractivity contribution in [3.63, 3.8) is 0 Å². The summed E-state index contributed by atoms with van der Waals surface area (Å²) in [5.74, 6) is 0.516. The van der Waals surface area contributed by atoms with Gasteiger partial charge in [-0.25, -0.2) is 4.39 Å². The highest BCUT2D eigenvalue weighted by atomic mass is 19.1. The van der Waals surface area contributed by atoms with E-state index in [2.05, 4.69) is 21.7 Å². The normalized spacial score (nSPS) is 11.3. The highest BCUT2D eigenvalue weighted by Gasteiger charge is 2.05. The van der Waals surface area contributed by atoms with Gasteiger partial charge >= 0.3 is 0 Å². The second-order valence-electron chi connectivity index (χ2n) is 5.70. The fourth-order valence-electron chi connectivity index (χ4n) is 2.49. The maximum Gasteiger partial charge on any atom is 0.191 e. The molecule has 0 aliphatic carbocycles. The average molecular weight is 345 g/mol. The summed E-state index contributed by atoms with van der Waals surface area (Å²) in [5.41, 5.74) is 3.04. The van der Waals surface area contributed by atoms with Crippen LogP contribution >= 0.6 is 0 Å². The van der Waals surface area contributed by atoms with Crippen molar-refractivity contribution >= 4 is 5.96 Å². The Morgan fingerprint density at radius 3 is 2.68 bits per heavy atom. The summed E-state index contributed by atoms with van der Waals surface area (Å²) in [4.78, 5) is 4.15. The minimum Gasteiger partial charge on any atom is -0.505 e. The number of aryl methyl sites for hydroxylation is 1. The van der Waals surface area contributed by atoms with Crippen molar-refractivity contribution in [3.8, 4) is 11.5 Å². The number of rotatable bonds is 6. The molecule has 3 N–H and O–H groups in total. The zero-order chi connectivity index (χ0) is 18.2. The van der Waals surface area contributed by atoms with Gasteiger partial charge in [-0.15, -0.1) is 0 Å². The molecule has 25 heavy (non-hydrogen) atoms. The van der Waals surface area contributed by atoms with Crippen molar-refractivity contribution in [1.29, 1.82) is 0 Å². The molecule has 0 bridgehead atoms. The van der Waals surface area contributed by atoms with Crippen LogP contribution in [0.3, 0.4) is 0 Å². The SMILES string of the molecule is CN=C(NCCc1cc(C)ccc1OC)NCc1ccc(O)c(F)c1. The zero-order valence-electron chi connectivity index (χ0n) is 14.8. The maximum atomic E-state index is 13.3. The van der Waals surface area contributed by atoms with E-state index in [4.69, 9.17) is 4.74 Å². The minimum atomic E-state index is -0.631. The number of nitrogens with one attached hydrogen (secondary N) is 2. The van der Waals surface area contributed by atoms with E-state index < -0.39 is 5.82 Å². The van der Waals surface area contributed by atoms with E-state index in [9.17, 15) is 9.50 Å². The van der Waals surface area contributed by atoms with E-state index in [0.717, 1.165) is 23.3 Å². The molecule has 5 nitrogen and oxygen atoms in total. The maximum absolute atomic E-state index is 13.3. The summed E-state index contributed by atoms with van der Waals surface area (Å²) >= 11 is 0. The zero-order valence-corrected chi connectivity index (χ0v) is 14.8. The fourth-order valence-corrected chi connectivity index (χ4v) is 2.49. The van der Waals surface area contributed by atoms with Crippen LogP contribution in [-0.4, -0.2) is 31.8 Å². The van der Waals surface area contributed by atoms with Gasteiger partial charge in [0.15, 0.2) is 17.5 Å². The van der Waals surface area contributed by atoms with Gasteiger partial charge in [0.25, 0.3) is 0 Å². The number of benzene rings is 2. The molecular formula is C19H24FN3O2. The molecule has 0 aliphatic rings. The molecule has 0 fully saturated rings. The van der Waals surface area contributed by atoms with Crippen molar-refractivity contribution in [3.05, 3.63) is 58.9 Å². The van der Waals surface area contributed by atoms with Gasteiger partial charge in [-0.3, -0.25) is 4.99 Å². The molecule has 0 atom stereocenters. The molecule has 0 aromatic heterocycles. The Balaban J connectivity index is 1.86. The number of phenolic OH excluding ortho intramolecular Hbond substituents is 1. The van der Waals surface area contributed by atoms with Gasteiger partial charge in [0.05, 0.1) is 7.11 Å². The van der Waals surface area contributed by atoms with Crippen molar-refractivity contribution < 1.29 is 14.2 Å². The third-order valence-corrected chi connectivity index (χ3v) is 3.82. The number of guanidine groups is 1. The lowest BCUT2D eigenvalue weighted by molar-refractivity contribution is 0.409. The molecule has 0 radical (unpaired) electrons. The van der Waals surface area contributed by atoms with Crippen LogP contribution in [0.2, 0.25) is 0 Å². The molecule has 0 amide bonds. The van der Waals surface area contributed by atoms with Crippen LogP contribution in [0.5, 0.6) is 11.5 Å². The van der Waals surface area contributed by atoms with E-state index in [1.54, 1.807) is 20.2 Å². The summed E-state index contributed by atoms with van der Waals surface area (Å²) in [7, 11) is 3.35. The first kappa shape index (κ1) is 18.6. The van der Waals surface area contributed by atoms with Crippen LogP contribution < -0.4 is 15.4 Å². The summed E-state index contributed by atoms with van der Waals surface area (Å²) in [6, 6.07) is 10.4. The molecule has 2 aromatic rings. The summed E-state index contributed by atoms with van der Waals surface area (Å²) in [5, 5.41) is 15.6. The molecule has 134 valence electrons. The number of methoxy groups -OCH3 is 1. The second-order valence-corrected chi connectivity index (χ2v) is 5.70. The molecule has 0 saturated carbocycles. The second kappa shape index (κ2) is 8.92. The van der Waals surface area contributed by atoms with Crippen molar-refractivity contribution in [2.45, 2.75) is 19.9 Å². The Hall–Kier alpha value is -2.76. The third kappa shape index (κ3) is 5.38. The lowest BCUT2D eigenvalue weighted by atomic mass is 10.1. The first-order valence-electron chi connectivity index (χ1n) is 8.09. The van der Waals surface area contributed by atoms with Gasteiger partial charge in [-0.05, 0) is 42.7 Å². The van der Waals surface area contributed by atoms with E-state index in [0.29, 0.717) is 19.0 Å². The van der Waals surface area contributed by atoms with Crippen molar-refractivity contribution in [1.82, 2.24) is 10.6 Å². The van der Waals surface area contributed by atoms with Crippen LogP contribution in [0.4, 0.5) is 4.39 Å². The van der Waals surface area contributed by atoms with Crippen LogP contribution in [0.1, 0.15) is 16.7 Å². The lowest BCUT2D eigenvalue weighted by Crippen LogP contribution is -2.37. The predicted octanol–water partition coefficient (Wildman–Crippen LogP) is 2.76. The Labute approximate surface area is 147 Å². The number of hydrogen-bond donors (Lipinski definition) is 3. The van der Waals surface area contributed by atoms with E-state index in [1.807, 2.05) is 19.1 Å². The lowest BCUT2D eigenvalue weighted by Gasteiger charge is -2.14. The van der Waals surface area contributed by atoms with Crippen LogP contribution in [-0.2, 0) is 13.0 Å². The van der Waals surface area contributed by atoms with Gasteiger partial charge in [-0.2, -0.15) is 0 Å². The van der Waals surface area contributed by atoms with Crippen molar-refractivity contribution in [2.24, 2.45) is 4.99 Å². The molecule has 0 saturated heterocycles. The highest BCUT2D eigenvalue weighted by molar-refractivity contribution is 5.79. The number of halogens is 1. The Kier molecular flexibility index (Phi) is 6.62. The van der Waals surface area contributed by atoms with E-state index in [1.165, 1.54) is 17.7 Å². The summed E-state index contributed by atoms with van der Waals surface area (Å²) < 4.78 is 18.7. The average Bonchev–Trinajstić information content (AvgIpc) is 2.61. The largest absolute Gasteiger partial charge is 0.505 e. The quantitative estimate of drug-likeness (QED) is 0.556. The Bertz CT molecular complexity index is 747. The molecule has 0 unspecified atom stereocenters. The van der Waals surface area contributed by atoms with E-state index in [-0.39, 0.29) is 5.75 Å². The van der Waals surface area contributed by atoms with Crippen LogP contribution in [0, 0.1) is 12.7 Å². The number of hydrogen-bond acceptors (Lipinski definition) is 3. The van der Waals surface area contributed by atoms with Gasteiger partial charge < -0.3 is 20.5 Å². The Morgan fingerprint density at radius 1 is 1.20 bits per heavy atom. The highest BCUT2D eigenvalue weighted by Crippen LogP contribution is 2.19. The molecule has 0 heterocycles. The number of ether oxygens (including phenoxy) is 1. The summed E-state index contributed by atoms with van der Waals surface area (Å²) in [6.07, 6.45) is 0.791. The minimum absolute atomic E-state index is 0.349. The predicted molar refractivity (Wildman–Crippen MR) is 97.7 cm³/mol. The first-order chi connectivity index (χ1) is 12.0. The smallest absolute Gasteiger partial charge is 0.191 e. The fraction of sp³-hybridized carbons (Fsp3) is 0.316. The Morgan fingerprint density at radius 2 is 2.00 bits per heavy atom. The van der Waals surface area contributed by atoms with Gasteiger partial charge in [0.2, 0.25) is 0 Å².